The van der Waals surface area contributed by atoms with Crippen LogP contribution in [0.3, 0.4) is 0 Å². The molecule has 0 aliphatic rings. The number of hydrogen-bond donors (Lipinski definition) is 0. The Kier molecular flexibility index (Phi) is 4.05. The first-order valence-corrected chi connectivity index (χ1v) is 5.70. The molecule has 0 fully saturated rings. The fourth-order valence-electron chi connectivity index (χ4n) is 1.67. The number of halogens is 1. The first-order valence-electron chi connectivity index (χ1n) is 5.70. The number of carbonyl (C=O) groups excluding carboxylic acids is 1. The van der Waals surface area contributed by atoms with Gasteiger partial charge in [-0.05, 0) is 23.8 Å². The number of non-ortho nitro benzene ring substituents is 1. The minimum Gasteiger partial charge on any atom is -0.489 e. The summed E-state index contributed by atoms with van der Waals surface area (Å²) in [7, 11) is 0. The summed E-state index contributed by atoms with van der Waals surface area (Å²) >= 11 is 0. The smallest absolute Gasteiger partial charge is 0.272 e. The van der Waals surface area contributed by atoms with Crippen molar-refractivity contribution in [3.8, 4) is 5.75 Å². The van der Waals surface area contributed by atoms with E-state index in [1.165, 1.54) is 12.1 Å². The van der Waals surface area contributed by atoms with Crippen LogP contribution in [0.2, 0.25) is 0 Å². The number of nitro groups is 1. The van der Waals surface area contributed by atoms with Gasteiger partial charge in [-0.1, -0.05) is 12.1 Å². The van der Waals surface area contributed by atoms with Gasteiger partial charge in [0.05, 0.1) is 11.0 Å². The molecular weight excluding hydrogens is 265 g/mol. The molecule has 0 aliphatic carbocycles. The van der Waals surface area contributed by atoms with Gasteiger partial charge in [0.2, 0.25) is 0 Å². The molecule has 0 saturated heterocycles. The second-order valence-corrected chi connectivity index (χ2v) is 4.05. The third-order valence-electron chi connectivity index (χ3n) is 2.55. The fourth-order valence-corrected chi connectivity index (χ4v) is 1.67. The molecule has 0 spiro atoms. The zero-order valence-electron chi connectivity index (χ0n) is 10.3. The Labute approximate surface area is 113 Å². The van der Waals surface area contributed by atoms with E-state index in [4.69, 9.17) is 4.74 Å². The summed E-state index contributed by atoms with van der Waals surface area (Å²) < 4.78 is 18.6. The molecule has 2 rings (SSSR count). The summed E-state index contributed by atoms with van der Waals surface area (Å²) in [5, 5.41) is 10.6. The average molecular weight is 275 g/mol. The molecule has 0 aliphatic heterocycles. The van der Waals surface area contributed by atoms with Crippen molar-refractivity contribution in [2.45, 2.75) is 6.61 Å². The van der Waals surface area contributed by atoms with Crippen molar-refractivity contribution in [1.82, 2.24) is 0 Å². The number of benzene rings is 2. The van der Waals surface area contributed by atoms with Crippen LogP contribution >= 0.6 is 0 Å². The molecule has 6 heteroatoms. The highest BCUT2D eigenvalue weighted by atomic mass is 19.1. The van der Waals surface area contributed by atoms with Crippen molar-refractivity contribution >= 4 is 12.0 Å². The van der Waals surface area contributed by atoms with Gasteiger partial charge in [0.15, 0.2) is 0 Å². The van der Waals surface area contributed by atoms with Crippen molar-refractivity contribution in [3.05, 3.63) is 69.5 Å². The van der Waals surface area contributed by atoms with E-state index in [0.717, 1.165) is 12.1 Å². The molecule has 0 bridgehead atoms. The van der Waals surface area contributed by atoms with Crippen LogP contribution in [0.1, 0.15) is 15.9 Å². The monoisotopic (exact) mass is 275 g/mol. The van der Waals surface area contributed by atoms with E-state index >= 15 is 0 Å². The number of carbonyl (C=O) groups is 1. The normalized spacial score (nSPS) is 10.1. The van der Waals surface area contributed by atoms with Gasteiger partial charge in [-0.3, -0.25) is 14.9 Å². The average Bonchev–Trinajstić information content (AvgIpc) is 2.44. The van der Waals surface area contributed by atoms with Crippen molar-refractivity contribution in [1.29, 1.82) is 0 Å². The summed E-state index contributed by atoms with van der Waals surface area (Å²) in [5.41, 5.74) is 0.464. The summed E-state index contributed by atoms with van der Waals surface area (Å²) in [5.74, 6) is -0.263. The molecule has 0 saturated carbocycles. The van der Waals surface area contributed by atoms with Crippen LogP contribution in [0.15, 0.2) is 42.5 Å². The molecule has 102 valence electrons. The lowest BCUT2D eigenvalue weighted by molar-refractivity contribution is -0.385. The Morgan fingerprint density at radius 3 is 2.75 bits per heavy atom. The molecule has 2 aromatic carbocycles. The zero-order valence-corrected chi connectivity index (χ0v) is 10.3. The van der Waals surface area contributed by atoms with Gasteiger partial charge >= 0.3 is 0 Å². The van der Waals surface area contributed by atoms with E-state index in [1.54, 1.807) is 18.2 Å². The Bertz CT molecular complexity index is 657. The molecule has 2 aromatic rings. The second kappa shape index (κ2) is 5.92. The summed E-state index contributed by atoms with van der Waals surface area (Å²) in [6.07, 6.45) is 0.680. The highest BCUT2D eigenvalue weighted by Crippen LogP contribution is 2.19. The molecule has 0 amide bonds. The Balaban J connectivity index is 2.14. The highest BCUT2D eigenvalue weighted by molar-refractivity contribution is 5.75. The minimum atomic E-state index is -0.695. The number of hydrogen-bond acceptors (Lipinski definition) is 4. The standard InChI is InChI=1S/C14H10FNO4/c15-12-4-11(5-13(7-12)16(18)19)9-20-14-3-1-2-10(6-14)8-17/h1-8H,9H2. The first kappa shape index (κ1) is 13.7. The maximum Gasteiger partial charge on any atom is 0.272 e. The van der Waals surface area contributed by atoms with E-state index in [0.29, 0.717) is 23.2 Å². The summed E-state index contributed by atoms with van der Waals surface area (Å²) in [6.45, 7) is -0.0269. The van der Waals surface area contributed by atoms with Gasteiger partial charge in [0, 0.05) is 11.6 Å². The van der Waals surface area contributed by atoms with Crippen molar-refractivity contribution < 1.29 is 18.8 Å². The third kappa shape index (κ3) is 3.38. The van der Waals surface area contributed by atoms with Gasteiger partial charge in [0.1, 0.15) is 24.5 Å². The van der Waals surface area contributed by atoms with E-state index in [2.05, 4.69) is 0 Å². The van der Waals surface area contributed by atoms with Gasteiger partial charge in [-0.15, -0.1) is 0 Å². The minimum absolute atomic E-state index is 0.0269. The second-order valence-electron chi connectivity index (χ2n) is 4.05. The Hall–Kier alpha value is -2.76. The van der Waals surface area contributed by atoms with Crippen LogP contribution in [0.25, 0.3) is 0 Å². The van der Waals surface area contributed by atoms with Crippen LogP contribution in [0.4, 0.5) is 10.1 Å². The maximum atomic E-state index is 13.2. The van der Waals surface area contributed by atoms with Crippen molar-refractivity contribution in [2.75, 3.05) is 0 Å². The van der Waals surface area contributed by atoms with Crippen LogP contribution < -0.4 is 4.74 Å². The quantitative estimate of drug-likeness (QED) is 0.477. The fraction of sp³-hybridized carbons (Fsp3) is 0.0714. The molecular formula is C14H10FNO4. The topological polar surface area (TPSA) is 69.4 Å². The van der Waals surface area contributed by atoms with E-state index in [9.17, 15) is 19.3 Å². The van der Waals surface area contributed by atoms with Crippen molar-refractivity contribution in [2.24, 2.45) is 0 Å². The summed E-state index contributed by atoms with van der Waals surface area (Å²) in [4.78, 5) is 20.6. The lowest BCUT2D eigenvalue weighted by Crippen LogP contribution is -1.98. The molecule has 0 unspecified atom stereocenters. The number of aldehydes is 1. The maximum absolute atomic E-state index is 13.2. The molecule has 0 radical (unpaired) electrons. The molecule has 0 atom stereocenters. The molecule has 0 heterocycles. The van der Waals surface area contributed by atoms with Crippen LogP contribution in [-0.4, -0.2) is 11.2 Å². The van der Waals surface area contributed by atoms with E-state index in [-0.39, 0.29) is 12.3 Å². The molecule has 0 aromatic heterocycles. The van der Waals surface area contributed by atoms with Gasteiger partial charge in [-0.2, -0.15) is 0 Å². The number of ether oxygens (including phenoxy) is 1. The molecule has 0 N–H and O–H groups in total. The van der Waals surface area contributed by atoms with Crippen LogP contribution in [-0.2, 0) is 6.61 Å². The Morgan fingerprint density at radius 1 is 1.25 bits per heavy atom. The molecule has 5 nitrogen and oxygen atoms in total. The number of rotatable bonds is 5. The predicted octanol–water partition coefficient (Wildman–Crippen LogP) is 3.13. The van der Waals surface area contributed by atoms with Crippen LogP contribution in [0.5, 0.6) is 5.75 Å². The predicted molar refractivity (Wildman–Crippen MR) is 69.2 cm³/mol. The number of nitrogens with zero attached hydrogens (tertiary/aromatic N) is 1. The van der Waals surface area contributed by atoms with Gasteiger partial charge in [0.25, 0.3) is 5.69 Å². The Morgan fingerprint density at radius 2 is 2.05 bits per heavy atom. The van der Waals surface area contributed by atoms with E-state index in [1.807, 2.05) is 0 Å². The van der Waals surface area contributed by atoms with E-state index < -0.39 is 10.7 Å². The van der Waals surface area contributed by atoms with Gasteiger partial charge < -0.3 is 4.74 Å². The first-order chi connectivity index (χ1) is 9.58. The highest BCUT2D eigenvalue weighted by Gasteiger charge is 2.10. The van der Waals surface area contributed by atoms with Crippen LogP contribution in [0, 0.1) is 15.9 Å². The largest absolute Gasteiger partial charge is 0.489 e. The lowest BCUT2D eigenvalue weighted by Gasteiger charge is -2.06. The third-order valence-corrected chi connectivity index (χ3v) is 2.55. The number of nitro benzene ring substituents is 1. The SMILES string of the molecule is O=Cc1cccc(OCc2cc(F)cc([N+](=O)[O-])c2)c1. The summed E-state index contributed by atoms with van der Waals surface area (Å²) in [6, 6.07) is 9.68. The van der Waals surface area contributed by atoms with Crippen molar-refractivity contribution in [3.63, 3.8) is 0 Å². The zero-order chi connectivity index (χ0) is 14.5. The molecule has 20 heavy (non-hydrogen) atoms. The lowest BCUT2D eigenvalue weighted by atomic mass is 10.2. The van der Waals surface area contributed by atoms with Gasteiger partial charge in [-0.25, -0.2) is 4.39 Å².